The van der Waals surface area contributed by atoms with Crippen LogP contribution in [0.15, 0.2) is 24.3 Å². The van der Waals surface area contributed by atoms with Crippen molar-refractivity contribution in [2.75, 3.05) is 31.1 Å². The van der Waals surface area contributed by atoms with E-state index in [2.05, 4.69) is 31.0 Å². The van der Waals surface area contributed by atoms with E-state index >= 15 is 0 Å². The van der Waals surface area contributed by atoms with Crippen LogP contribution in [0.4, 0.5) is 4.39 Å². The second-order valence-corrected chi connectivity index (χ2v) is 8.55. The lowest BCUT2D eigenvalue weighted by atomic mass is 9.85. The molecule has 1 saturated heterocycles. The fourth-order valence-corrected chi connectivity index (χ4v) is 3.74. The van der Waals surface area contributed by atoms with Gasteiger partial charge in [0.2, 0.25) is 5.91 Å². The predicted octanol–water partition coefficient (Wildman–Crippen LogP) is 3.47. The highest BCUT2D eigenvalue weighted by Gasteiger charge is 2.23. The van der Waals surface area contributed by atoms with Crippen molar-refractivity contribution in [1.29, 1.82) is 0 Å². The molecule has 1 amide bonds. The van der Waals surface area contributed by atoms with Gasteiger partial charge in [-0.05, 0) is 29.5 Å². The molecule has 3 nitrogen and oxygen atoms in total. The Labute approximate surface area is 143 Å². The van der Waals surface area contributed by atoms with Crippen LogP contribution < -0.4 is 5.32 Å². The van der Waals surface area contributed by atoms with Gasteiger partial charge < -0.3 is 5.32 Å². The van der Waals surface area contributed by atoms with Gasteiger partial charge in [-0.3, -0.25) is 9.69 Å². The average Bonchev–Trinajstić information content (AvgIpc) is 2.47. The monoisotopic (exact) mass is 338 g/mol. The lowest BCUT2D eigenvalue weighted by Crippen LogP contribution is -2.42. The Kier molecular flexibility index (Phi) is 6.48. The molecular formula is C18H27FN2OS. The van der Waals surface area contributed by atoms with Crippen LogP contribution in [0.1, 0.15) is 38.8 Å². The van der Waals surface area contributed by atoms with Crippen molar-refractivity contribution in [2.24, 2.45) is 5.41 Å². The molecule has 1 N–H and O–H groups in total. The first kappa shape index (κ1) is 18.3. The zero-order chi connectivity index (χ0) is 16.9. The quantitative estimate of drug-likeness (QED) is 0.892. The summed E-state index contributed by atoms with van der Waals surface area (Å²) in [6.45, 7) is 8.84. The van der Waals surface area contributed by atoms with E-state index in [1.807, 2.05) is 11.8 Å². The number of hydrogen-bond acceptors (Lipinski definition) is 3. The molecule has 0 radical (unpaired) electrons. The third-order valence-corrected chi connectivity index (χ3v) is 4.84. The van der Waals surface area contributed by atoms with E-state index in [0.717, 1.165) is 36.6 Å². The maximum atomic E-state index is 13.2. The van der Waals surface area contributed by atoms with Gasteiger partial charge in [0.05, 0.1) is 12.6 Å². The van der Waals surface area contributed by atoms with Gasteiger partial charge in [0, 0.05) is 24.6 Å². The standard InChI is InChI=1S/C18H27FN2OS/c1-18(2,3)12-16(14-4-6-15(19)7-5-14)20-17(22)13-21-8-10-23-11-9-21/h4-7,16H,8-13H2,1-3H3,(H,20,22). The van der Waals surface area contributed by atoms with Crippen LogP contribution in [-0.2, 0) is 4.79 Å². The van der Waals surface area contributed by atoms with Crippen molar-refractivity contribution in [2.45, 2.75) is 33.2 Å². The Balaban J connectivity index is 2.01. The van der Waals surface area contributed by atoms with Crippen LogP contribution in [0.3, 0.4) is 0 Å². The van der Waals surface area contributed by atoms with E-state index < -0.39 is 0 Å². The zero-order valence-corrected chi connectivity index (χ0v) is 15.1. The summed E-state index contributed by atoms with van der Waals surface area (Å²) in [5.74, 6) is 1.99. The SMILES string of the molecule is CC(C)(C)CC(NC(=O)CN1CCSCC1)c1ccc(F)cc1. The van der Waals surface area contributed by atoms with Crippen molar-refractivity contribution in [3.63, 3.8) is 0 Å². The van der Waals surface area contributed by atoms with Crippen LogP contribution >= 0.6 is 11.8 Å². The van der Waals surface area contributed by atoms with Crippen molar-refractivity contribution in [3.8, 4) is 0 Å². The Morgan fingerprint density at radius 3 is 2.43 bits per heavy atom. The van der Waals surface area contributed by atoms with Crippen LogP contribution in [0.5, 0.6) is 0 Å². The molecule has 1 atom stereocenters. The van der Waals surface area contributed by atoms with Gasteiger partial charge in [0.25, 0.3) is 0 Å². The maximum absolute atomic E-state index is 13.2. The molecule has 5 heteroatoms. The molecule has 128 valence electrons. The van der Waals surface area contributed by atoms with Gasteiger partial charge in [-0.1, -0.05) is 32.9 Å². The van der Waals surface area contributed by atoms with Crippen LogP contribution in [0.25, 0.3) is 0 Å². The van der Waals surface area contributed by atoms with Crippen molar-refractivity contribution in [1.82, 2.24) is 10.2 Å². The van der Waals surface area contributed by atoms with Crippen molar-refractivity contribution in [3.05, 3.63) is 35.6 Å². The first-order valence-corrected chi connectivity index (χ1v) is 9.34. The highest BCUT2D eigenvalue weighted by atomic mass is 32.2. The van der Waals surface area contributed by atoms with Gasteiger partial charge in [-0.25, -0.2) is 4.39 Å². The molecule has 1 aromatic rings. The number of nitrogens with zero attached hydrogens (tertiary/aromatic N) is 1. The molecule has 0 saturated carbocycles. The predicted molar refractivity (Wildman–Crippen MR) is 95.1 cm³/mol. The van der Waals surface area contributed by atoms with E-state index in [0.29, 0.717) is 6.54 Å². The smallest absolute Gasteiger partial charge is 0.234 e. The second-order valence-electron chi connectivity index (χ2n) is 7.32. The Morgan fingerprint density at radius 1 is 1.26 bits per heavy atom. The number of halogens is 1. The van der Waals surface area contributed by atoms with Crippen LogP contribution in [0.2, 0.25) is 0 Å². The van der Waals surface area contributed by atoms with Gasteiger partial charge in [0.1, 0.15) is 5.82 Å². The minimum atomic E-state index is -0.250. The minimum absolute atomic E-state index is 0.0514. The van der Waals surface area contributed by atoms with Gasteiger partial charge >= 0.3 is 0 Å². The lowest BCUT2D eigenvalue weighted by molar-refractivity contribution is -0.123. The fourth-order valence-electron chi connectivity index (χ4n) is 2.76. The molecule has 0 bridgehead atoms. The number of hydrogen-bond donors (Lipinski definition) is 1. The normalized spacial score (nSPS) is 17.7. The largest absolute Gasteiger partial charge is 0.348 e. The Bertz CT molecular complexity index is 507. The molecule has 1 fully saturated rings. The van der Waals surface area contributed by atoms with Crippen molar-refractivity contribution >= 4 is 17.7 Å². The van der Waals surface area contributed by atoms with E-state index in [1.54, 1.807) is 12.1 Å². The average molecular weight is 338 g/mol. The van der Waals surface area contributed by atoms with Crippen LogP contribution in [-0.4, -0.2) is 41.9 Å². The number of rotatable bonds is 5. The highest BCUT2D eigenvalue weighted by molar-refractivity contribution is 7.99. The van der Waals surface area contributed by atoms with E-state index in [1.165, 1.54) is 12.1 Å². The number of thioether (sulfide) groups is 1. The number of benzene rings is 1. The molecule has 2 rings (SSSR count). The lowest BCUT2D eigenvalue weighted by Gasteiger charge is -2.29. The summed E-state index contributed by atoms with van der Waals surface area (Å²) in [4.78, 5) is 14.6. The third-order valence-electron chi connectivity index (χ3n) is 3.90. The fraction of sp³-hybridized carbons (Fsp3) is 0.611. The highest BCUT2D eigenvalue weighted by Crippen LogP contribution is 2.29. The molecule has 0 spiro atoms. The first-order chi connectivity index (χ1) is 10.8. The summed E-state index contributed by atoms with van der Waals surface area (Å²) < 4.78 is 13.2. The van der Waals surface area contributed by atoms with Gasteiger partial charge in [-0.15, -0.1) is 0 Å². The minimum Gasteiger partial charge on any atom is -0.348 e. The van der Waals surface area contributed by atoms with E-state index in [9.17, 15) is 9.18 Å². The zero-order valence-electron chi connectivity index (χ0n) is 14.3. The number of carbonyl (C=O) groups excluding carboxylic acids is 1. The summed E-state index contributed by atoms with van der Waals surface area (Å²) in [6, 6.07) is 6.37. The molecule has 1 unspecified atom stereocenters. The van der Waals surface area contributed by atoms with Crippen molar-refractivity contribution < 1.29 is 9.18 Å². The summed E-state index contributed by atoms with van der Waals surface area (Å²) in [5, 5.41) is 3.15. The molecule has 0 aromatic heterocycles. The van der Waals surface area contributed by atoms with E-state index in [4.69, 9.17) is 0 Å². The number of nitrogens with one attached hydrogen (secondary N) is 1. The molecule has 0 aliphatic carbocycles. The summed E-state index contributed by atoms with van der Waals surface area (Å²) in [6.07, 6.45) is 0.820. The summed E-state index contributed by atoms with van der Waals surface area (Å²) in [7, 11) is 0. The summed E-state index contributed by atoms with van der Waals surface area (Å²) >= 11 is 1.94. The number of amides is 1. The maximum Gasteiger partial charge on any atom is 0.234 e. The first-order valence-electron chi connectivity index (χ1n) is 8.18. The van der Waals surface area contributed by atoms with Gasteiger partial charge in [0.15, 0.2) is 0 Å². The third kappa shape index (κ3) is 6.51. The molecule has 1 heterocycles. The molecule has 1 aliphatic rings. The Hall–Kier alpha value is -1.07. The summed E-state index contributed by atoms with van der Waals surface area (Å²) in [5.41, 5.74) is 1.04. The van der Waals surface area contributed by atoms with Crippen LogP contribution in [0, 0.1) is 11.2 Å². The van der Waals surface area contributed by atoms with E-state index in [-0.39, 0.29) is 23.2 Å². The number of carbonyl (C=O) groups is 1. The van der Waals surface area contributed by atoms with Gasteiger partial charge in [-0.2, -0.15) is 11.8 Å². The molecule has 23 heavy (non-hydrogen) atoms. The topological polar surface area (TPSA) is 32.3 Å². The molecular weight excluding hydrogens is 311 g/mol. The second kappa shape index (κ2) is 8.15. The molecule has 1 aliphatic heterocycles. The molecule has 1 aromatic carbocycles. The Morgan fingerprint density at radius 2 is 1.87 bits per heavy atom.